The normalized spacial score (nSPS) is 14.7. The number of allylic oxidation sites excluding steroid dienone is 6. The summed E-state index contributed by atoms with van der Waals surface area (Å²) >= 11 is 0. The summed E-state index contributed by atoms with van der Waals surface area (Å²) in [6.45, 7) is 2.90. The standard InChI is InChI=1S/C32H26N8O3.2C31H25N9O3/c41-29-20-43-27-11-9-23-18-26(27)38(29)14-5-1-2-6-15-39-31(42)24-19-34-32(36-30(24)40(23)39)35-22-8-10-25-21(17-22)12-16-37(25)28-7-3-4-13-33-28;41-27-19-43-26-6-5-23-16-25(26)38(27)12-3-1-2-4-13-39-30(42)24-18-34-31(36-29(24)40(23)39)35-21-15-20-9-14-37(28(20)33-17-21)22-7-10-32-11-8-22;41-27-19-43-26-8-7-22-15-25(26)38(27)11-3-1-2-4-12-39-30(42)24-18-34-31(36-29(24)40(22)39)35-21-14-20-9-13-37(28(20)33-16-21)23-6-5-10-32-17-23/h2-4,6-13,16-19H,1,5,14-15,20H2,(H,34,35,36);2,4-11,14-18H,1,3,12-13,19H2,(H,34,35,36);2,4-10,13-18H,1,3,11-12,19H2,(H,34,35,36). The molecule has 14 aromatic heterocycles. The molecule has 20 heterocycles. The number of hydrogen-bond acceptors (Lipinski definition) is 23. The van der Waals surface area contributed by atoms with Crippen molar-refractivity contribution in [3.05, 3.63) is 294 Å². The number of rotatable bonds is 9. The number of hydrogen-bond donors (Lipinski definition) is 3. The van der Waals surface area contributed by atoms with E-state index in [9.17, 15) is 28.8 Å². The van der Waals surface area contributed by atoms with Gasteiger partial charge in [0, 0.05) is 103 Å². The Hall–Kier alpha value is -17.3. The highest BCUT2D eigenvalue weighted by Gasteiger charge is 2.32. The number of aromatic nitrogens is 20. The molecule has 3 amide bonds. The average molecular weight is 1710 g/mol. The molecular formula is C94H76N26O9. The summed E-state index contributed by atoms with van der Waals surface area (Å²) in [7, 11) is 0. The van der Waals surface area contributed by atoms with E-state index in [1.54, 1.807) is 105 Å². The lowest BCUT2D eigenvalue weighted by Crippen LogP contribution is -2.39. The molecule has 3 N–H and O–H groups in total. The SMILES string of the molecule is O=C1COc2ccc3cc2N1CCCC=CCn1c(=O)c2cnc(Nc4ccc5c(ccn5-c5ccccn5)c4)nc2n1-3.O=C1COc2ccc3cc2N1CCCC=CCn1c(=O)c2cnc(Nc4cnc5c(ccn5-c5cccnc5)c4)nc2n1-3.O=C1COc2ccc3cc2N1CCCC=CCn1c(=O)c2cnc(Nc4cnc5c(ccn5-c5ccncc5)c4)nc2n1-3. The molecule has 0 unspecified atom stereocenters. The van der Waals surface area contributed by atoms with Gasteiger partial charge in [-0.25, -0.2) is 58.0 Å². The molecule has 0 atom stereocenters. The molecule has 0 aliphatic carbocycles. The third-order valence-electron chi connectivity index (χ3n) is 23.3. The Labute approximate surface area is 730 Å². The van der Waals surface area contributed by atoms with Crippen molar-refractivity contribution in [3.8, 4) is 51.5 Å². The molecule has 636 valence electrons. The predicted molar refractivity (Wildman–Crippen MR) is 487 cm³/mol. The minimum atomic E-state index is -0.204. The van der Waals surface area contributed by atoms with E-state index >= 15 is 0 Å². The van der Waals surface area contributed by atoms with Crippen molar-refractivity contribution in [2.45, 2.75) is 58.2 Å². The Morgan fingerprint density at radius 1 is 0.326 bits per heavy atom. The van der Waals surface area contributed by atoms with Crippen LogP contribution in [0.3, 0.4) is 0 Å². The summed E-state index contributed by atoms with van der Waals surface area (Å²) in [5.74, 6) is 3.51. The Bertz CT molecular complexity index is 7110. The van der Waals surface area contributed by atoms with Gasteiger partial charge in [-0.2, -0.15) is 15.0 Å². The number of fused-ring (bicyclic) bond motifs is 18. The first-order valence-corrected chi connectivity index (χ1v) is 42.1. The topological polar surface area (TPSA) is 362 Å². The van der Waals surface area contributed by atoms with Crippen LogP contribution in [0.4, 0.5) is 52.0 Å². The van der Waals surface area contributed by atoms with Crippen LogP contribution in [0, 0.1) is 0 Å². The zero-order chi connectivity index (χ0) is 86.7. The molecule has 35 nitrogen and oxygen atoms in total. The van der Waals surface area contributed by atoms with Gasteiger partial charge in [-0.05, 0) is 178 Å². The van der Waals surface area contributed by atoms with E-state index in [-0.39, 0.29) is 54.2 Å². The second-order valence-electron chi connectivity index (χ2n) is 31.3. The summed E-state index contributed by atoms with van der Waals surface area (Å²) in [5, 5.41) is 13.9. The second-order valence-corrected chi connectivity index (χ2v) is 31.3. The van der Waals surface area contributed by atoms with Crippen molar-refractivity contribution in [1.82, 2.24) is 96.6 Å². The number of amides is 3. The lowest BCUT2D eigenvalue weighted by molar-refractivity contribution is -0.122. The van der Waals surface area contributed by atoms with Gasteiger partial charge in [0.15, 0.2) is 36.8 Å². The van der Waals surface area contributed by atoms with Gasteiger partial charge in [0.05, 0.1) is 101 Å². The van der Waals surface area contributed by atoms with Gasteiger partial charge >= 0.3 is 0 Å². The monoisotopic (exact) mass is 1710 g/mol. The molecule has 0 saturated carbocycles. The molecule has 0 saturated heterocycles. The van der Waals surface area contributed by atoms with E-state index in [1.165, 1.54) is 0 Å². The molecule has 0 radical (unpaired) electrons. The van der Waals surface area contributed by atoms with Crippen LogP contribution >= 0.6 is 0 Å². The van der Waals surface area contributed by atoms with Gasteiger partial charge in [0.25, 0.3) is 34.4 Å². The number of benzene rings is 4. The highest BCUT2D eigenvalue weighted by atomic mass is 16.5. The lowest BCUT2D eigenvalue weighted by atomic mass is 10.1. The fourth-order valence-electron chi connectivity index (χ4n) is 17.1. The molecule has 24 rings (SSSR count). The highest BCUT2D eigenvalue weighted by Crippen LogP contribution is 2.40. The molecule has 4 aromatic carbocycles. The van der Waals surface area contributed by atoms with Crippen molar-refractivity contribution in [2.24, 2.45) is 0 Å². The Morgan fingerprint density at radius 3 is 1.22 bits per heavy atom. The number of anilines is 9. The molecule has 18 aromatic rings. The maximum atomic E-state index is 13.6. The van der Waals surface area contributed by atoms with Crippen molar-refractivity contribution >= 4 is 136 Å². The maximum absolute atomic E-state index is 13.6. The van der Waals surface area contributed by atoms with Crippen molar-refractivity contribution < 1.29 is 28.6 Å². The van der Waals surface area contributed by atoms with Crippen LogP contribution in [0.2, 0.25) is 0 Å². The Morgan fingerprint density at radius 2 is 0.767 bits per heavy atom. The molecule has 6 bridgehead atoms. The molecule has 6 aliphatic heterocycles. The summed E-state index contributed by atoms with van der Waals surface area (Å²) in [4.78, 5) is 134. The Kier molecular flexibility index (Phi) is 19.7. The van der Waals surface area contributed by atoms with E-state index < -0.39 is 0 Å². The lowest BCUT2D eigenvalue weighted by Gasteiger charge is -2.30. The molecule has 35 heteroatoms. The minimum Gasteiger partial charge on any atom is -0.482 e. The van der Waals surface area contributed by atoms with E-state index in [2.05, 4.69) is 55.8 Å². The third kappa shape index (κ3) is 14.5. The summed E-state index contributed by atoms with van der Waals surface area (Å²) in [6.07, 6.45) is 39.6. The van der Waals surface area contributed by atoms with Gasteiger partial charge in [0.1, 0.15) is 50.5 Å². The number of carbonyl (C=O) groups is 3. The number of ether oxygens (including phenoxy) is 3. The van der Waals surface area contributed by atoms with Crippen molar-refractivity contribution in [2.75, 3.05) is 70.1 Å². The van der Waals surface area contributed by atoms with Crippen LogP contribution in [0.5, 0.6) is 17.2 Å². The number of pyridine rings is 5. The average Bonchev–Trinajstić information content (AvgIpc) is 1.61. The summed E-state index contributed by atoms with van der Waals surface area (Å²) in [5.41, 5.74) is 11.6. The minimum absolute atomic E-state index is 0.0104. The van der Waals surface area contributed by atoms with Gasteiger partial charge in [-0.1, -0.05) is 42.5 Å². The van der Waals surface area contributed by atoms with E-state index in [1.807, 2.05) is 214 Å². The Balaban J connectivity index is 0.000000114. The van der Waals surface area contributed by atoms with Crippen LogP contribution in [0.1, 0.15) is 38.5 Å². The van der Waals surface area contributed by atoms with Gasteiger partial charge < -0.3 is 54.0 Å². The van der Waals surface area contributed by atoms with Gasteiger partial charge in [-0.15, -0.1) is 0 Å². The van der Waals surface area contributed by atoms with Crippen LogP contribution in [0.15, 0.2) is 277 Å². The summed E-state index contributed by atoms with van der Waals surface area (Å²) in [6, 6.07) is 46.3. The van der Waals surface area contributed by atoms with Crippen molar-refractivity contribution in [3.63, 3.8) is 0 Å². The highest BCUT2D eigenvalue weighted by molar-refractivity contribution is 6.01. The fraction of sp³-hybridized carbons (Fsp3) is 0.160. The smallest absolute Gasteiger partial charge is 0.278 e. The number of carbonyl (C=O) groups excluding carboxylic acids is 3. The summed E-state index contributed by atoms with van der Waals surface area (Å²) < 4.78 is 33.4. The zero-order valence-electron chi connectivity index (χ0n) is 68.9. The van der Waals surface area contributed by atoms with Crippen molar-refractivity contribution in [1.29, 1.82) is 0 Å². The van der Waals surface area contributed by atoms with E-state index in [4.69, 9.17) is 29.2 Å². The zero-order valence-corrected chi connectivity index (χ0v) is 68.9. The molecule has 0 fully saturated rings. The fourth-order valence-corrected chi connectivity index (χ4v) is 17.1. The first-order chi connectivity index (χ1) is 63.4. The van der Waals surface area contributed by atoms with Crippen LogP contribution in [0.25, 0.3) is 100 Å². The van der Waals surface area contributed by atoms with Crippen LogP contribution in [-0.2, 0) is 34.0 Å². The molecule has 0 spiro atoms. The number of nitrogens with zero attached hydrogens (tertiary/aromatic N) is 23. The first kappa shape index (κ1) is 77.8. The number of nitrogens with one attached hydrogen (secondary N) is 3. The molecular weight excluding hydrogens is 1640 g/mol. The van der Waals surface area contributed by atoms with Gasteiger partial charge in [0.2, 0.25) is 17.8 Å². The third-order valence-corrected chi connectivity index (χ3v) is 23.3. The first-order valence-electron chi connectivity index (χ1n) is 42.1. The quantitative estimate of drug-likeness (QED) is 0.113. The molecule has 129 heavy (non-hydrogen) atoms. The predicted octanol–water partition coefficient (Wildman–Crippen LogP) is 13.0. The van der Waals surface area contributed by atoms with Crippen LogP contribution < -0.4 is 61.5 Å². The van der Waals surface area contributed by atoms with Gasteiger partial charge in [-0.3, -0.25) is 43.3 Å². The largest absolute Gasteiger partial charge is 0.482 e. The second kappa shape index (κ2) is 32.8. The maximum Gasteiger partial charge on any atom is 0.278 e. The molecule has 6 aliphatic rings. The van der Waals surface area contributed by atoms with E-state index in [0.717, 1.165) is 94.4 Å². The van der Waals surface area contributed by atoms with Crippen LogP contribution in [-0.4, -0.2) is 154 Å². The van der Waals surface area contributed by atoms with E-state index in [0.29, 0.717) is 153 Å².